The molecular weight excluding hydrogens is 316 g/mol. The maximum atomic E-state index is 5.88. The first kappa shape index (κ1) is 15.4. The molecule has 0 N–H and O–H groups in total. The van der Waals surface area contributed by atoms with Gasteiger partial charge >= 0.3 is 0 Å². The molecule has 0 aliphatic heterocycles. The molecule has 0 saturated heterocycles. The average Bonchev–Trinajstić information content (AvgIpc) is 2.36. The molecule has 100 valence electrons. The van der Waals surface area contributed by atoms with Gasteiger partial charge in [0, 0.05) is 5.88 Å². The lowest BCUT2D eigenvalue weighted by Gasteiger charge is -2.12. The highest BCUT2D eigenvalue weighted by Gasteiger charge is 2.10. The summed E-state index contributed by atoms with van der Waals surface area (Å²) in [4.78, 5) is 0. The zero-order valence-corrected chi connectivity index (χ0v) is 13.3. The predicted octanol–water partition coefficient (Wildman–Crippen LogP) is 4.89. The smallest absolute Gasteiger partial charge is 0.174 e. The zero-order chi connectivity index (χ0) is 13.5. The Morgan fingerprint density at radius 1 is 1.39 bits per heavy atom. The average molecular weight is 334 g/mol. The molecule has 1 aromatic rings. The molecule has 0 radical (unpaired) electrons. The Balaban J connectivity index is 3.19. The lowest BCUT2D eigenvalue weighted by molar-refractivity contribution is 0.310. The van der Waals surface area contributed by atoms with Crippen LogP contribution in [0.3, 0.4) is 0 Å². The van der Waals surface area contributed by atoms with Crippen LogP contribution < -0.4 is 9.47 Å². The minimum atomic E-state index is 0.546. The summed E-state index contributed by atoms with van der Waals surface area (Å²) >= 11 is 9.38. The fourth-order valence-corrected chi connectivity index (χ4v) is 2.49. The number of halogens is 2. The lowest BCUT2D eigenvalue weighted by atomic mass is 10.1. The van der Waals surface area contributed by atoms with Crippen molar-refractivity contribution in [3.63, 3.8) is 0 Å². The molecule has 2 nitrogen and oxygen atoms in total. The highest BCUT2D eigenvalue weighted by atomic mass is 79.9. The van der Waals surface area contributed by atoms with Crippen molar-refractivity contribution in [2.45, 2.75) is 20.3 Å². The first-order valence-electron chi connectivity index (χ1n) is 5.91. The van der Waals surface area contributed by atoms with Gasteiger partial charge in [0.2, 0.25) is 0 Å². The van der Waals surface area contributed by atoms with Crippen molar-refractivity contribution in [1.82, 2.24) is 0 Å². The van der Waals surface area contributed by atoms with E-state index < -0.39 is 0 Å². The molecule has 0 amide bonds. The molecule has 0 fully saturated rings. The molecule has 0 aromatic heterocycles. The maximum Gasteiger partial charge on any atom is 0.174 e. The molecular formula is C14H18BrClO2. The molecule has 4 heteroatoms. The lowest BCUT2D eigenvalue weighted by Crippen LogP contribution is -1.97. The van der Waals surface area contributed by atoms with Gasteiger partial charge in [-0.25, -0.2) is 0 Å². The van der Waals surface area contributed by atoms with Gasteiger partial charge in [0.25, 0.3) is 0 Å². The second-order valence-electron chi connectivity index (χ2n) is 3.76. The predicted molar refractivity (Wildman–Crippen MR) is 80.9 cm³/mol. The minimum absolute atomic E-state index is 0.546. The van der Waals surface area contributed by atoms with Crippen LogP contribution in [0.1, 0.15) is 25.8 Å². The van der Waals surface area contributed by atoms with E-state index in [1.165, 1.54) is 5.57 Å². The molecule has 1 aromatic carbocycles. The van der Waals surface area contributed by atoms with Gasteiger partial charge in [0.05, 0.1) is 18.2 Å². The standard InChI is InChI=1S/C14H18BrClO2/c1-4-10(9-16)6-11-7-12(15)14(17-3)13(8-11)18-5-2/h6-8H,4-5,9H2,1-3H3. The molecule has 1 rings (SSSR count). The molecule has 0 aliphatic rings. The van der Waals surface area contributed by atoms with Gasteiger partial charge in [-0.2, -0.15) is 0 Å². The van der Waals surface area contributed by atoms with Crippen LogP contribution >= 0.6 is 27.5 Å². The van der Waals surface area contributed by atoms with Crippen LogP contribution in [0.25, 0.3) is 6.08 Å². The normalized spacial score (nSPS) is 11.5. The van der Waals surface area contributed by atoms with Crippen LogP contribution in [-0.2, 0) is 0 Å². The van der Waals surface area contributed by atoms with Crippen molar-refractivity contribution in [1.29, 1.82) is 0 Å². The van der Waals surface area contributed by atoms with Crippen molar-refractivity contribution in [3.05, 3.63) is 27.7 Å². The highest BCUT2D eigenvalue weighted by molar-refractivity contribution is 9.10. The van der Waals surface area contributed by atoms with Crippen molar-refractivity contribution in [2.24, 2.45) is 0 Å². The second kappa shape index (κ2) is 7.70. The molecule has 0 bridgehead atoms. The quantitative estimate of drug-likeness (QED) is 0.690. The van der Waals surface area contributed by atoms with Crippen LogP contribution in [0, 0.1) is 0 Å². The molecule has 0 unspecified atom stereocenters. The number of allylic oxidation sites excluding steroid dienone is 1. The summed E-state index contributed by atoms with van der Waals surface area (Å²) in [6.07, 6.45) is 3.02. The topological polar surface area (TPSA) is 18.5 Å². The minimum Gasteiger partial charge on any atom is -0.492 e. The van der Waals surface area contributed by atoms with E-state index in [0.717, 1.165) is 28.0 Å². The summed E-state index contributed by atoms with van der Waals surface area (Å²) in [6, 6.07) is 3.97. The van der Waals surface area contributed by atoms with E-state index in [1.54, 1.807) is 7.11 Å². The number of hydrogen-bond acceptors (Lipinski definition) is 2. The van der Waals surface area contributed by atoms with Crippen molar-refractivity contribution in [2.75, 3.05) is 19.6 Å². The van der Waals surface area contributed by atoms with Gasteiger partial charge in [-0.1, -0.05) is 18.6 Å². The number of ether oxygens (including phenoxy) is 2. The zero-order valence-electron chi connectivity index (χ0n) is 10.9. The molecule has 0 heterocycles. The van der Waals surface area contributed by atoms with E-state index in [9.17, 15) is 0 Å². The fourth-order valence-electron chi connectivity index (χ4n) is 1.60. The number of hydrogen-bond donors (Lipinski definition) is 0. The van der Waals surface area contributed by atoms with Gasteiger partial charge in [0.15, 0.2) is 11.5 Å². The van der Waals surface area contributed by atoms with Gasteiger partial charge in [-0.3, -0.25) is 0 Å². The molecule has 18 heavy (non-hydrogen) atoms. The monoisotopic (exact) mass is 332 g/mol. The van der Waals surface area contributed by atoms with Crippen LogP contribution in [0.2, 0.25) is 0 Å². The van der Waals surface area contributed by atoms with Gasteiger partial charge < -0.3 is 9.47 Å². The molecule has 0 atom stereocenters. The van der Waals surface area contributed by atoms with Crippen LogP contribution in [0.15, 0.2) is 22.2 Å². The summed E-state index contributed by atoms with van der Waals surface area (Å²) < 4.78 is 11.8. The Morgan fingerprint density at radius 3 is 2.61 bits per heavy atom. The third-order valence-corrected chi connectivity index (χ3v) is 3.46. The SMILES string of the molecule is CCOc1cc(C=C(CC)CCl)cc(Br)c1OC. The largest absolute Gasteiger partial charge is 0.492 e. The summed E-state index contributed by atoms with van der Waals surface area (Å²) in [7, 11) is 1.63. The number of methoxy groups -OCH3 is 1. The van der Waals surface area contributed by atoms with Crippen molar-refractivity contribution >= 4 is 33.6 Å². The summed E-state index contributed by atoms with van der Waals surface area (Å²) in [5.74, 6) is 2.01. The summed E-state index contributed by atoms with van der Waals surface area (Å²) in [6.45, 7) is 4.65. The van der Waals surface area contributed by atoms with Crippen LogP contribution in [0.5, 0.6) is 11.5 Å². The highest BCUT2D eigenvalue weighted by Crippen LogP contribution is 2.37. The Kier molecular flexibility index (Phi) is 6.58. The molecule has 0 saturated carbocycles. The third kappa shape index (κ3) is 3.92. The van der Waals surface area contributed by atoms with E-state index >= 15 is 0 Å². The Morgan fingerprint density at radius 2 is 2.11 bits per heavy atom. The van der Waals surface area contributed by atoms with Crippen LogP contribution in [0.4, 0.5) is 0 Å². The Labute approximate surface area is 122 Å². The number of rotatable bonds is 6. The van der Waals surface area contributed by atoms with Gasteiger partial charge in [-0.05, 0) is 47.0 Å². The summed E-state index contributed by atoms with van der Waals surface area (Å²) in [5, 5.41) is 0. The summed E-state index contributed by atoms with van der Waals surface area (Å²) in [5.41, 5.74) is 2.25. The number of alkyl halides is 1. The van der Waals surface area contributed by atoms with E-state index in [2.05, 4.69) is 28.9 Å². The van der Waals surface area contributed by atoms with Gasteiger partial charge in [0.1, 0.15) is 0 Å². The maximum absolute atomic E-state index is 5.88. The molecule has 0 spiro atoms. The van der Waals surface area contributed by atoms with Crippen LogP contribution in [-0.4, -0.2) is 19.6 Å². The molecule has 0 aliphatic carbocycles. The van der Waals surface area contributed by atoms with E-state index in [4.69, 9.17) is 21.1 Å². The third-order valence-electron chi connectivity index (χ3n) is 2.53. The van der Waals surface area contributed by atoms with E-state index in [1.807, 2.05) is 19.1 Å². The Hall–Kier alpha value is -0.670. The Bertz CT molecular complexity index is 424. The number of benzene rings is 1. The first-order chi connectivity index (χ1) is 8.65. The van der Waals surface area contributed by atoms with Crippen molar-refractivity contribution in [3.8, 4) is 11.5 Å². The van der Waals surface area contributed by atoms with E-state index in [-0.39, 0.29) is 0 Å². The van der Waals surface area contributed by atoms with Crippen molar-refractivity contribution < 1.29 is 9.47 Å². The van der Waals surface area contributed by atoms with Gasteiger partial charge in [-0.15, -0.1) is 11.6 Å². The first-order valence-corrected chi connectivity index (χ1v) is 7.24. The second-order valence-corrected chi connectivity index (χ2v) is 4.88. The fraction of sp³-hybridized carbons (Fsp3) is 0.429. The van der Waals surface area contributed by atoms with E-state index in [0.29, 0.717) is 12.5 Å².